The highest BCUT2D eigenvalue weighted by atomic mass is 15.1. The first-order valence-corrected chi connectivity index (χ1v) is 21.8. The van der Waals surface area contributed by atoms with Crippen molar-refractivity contribution in [2.75, 3.05) is 19.6 Å². The minimum Gasteiger partial charge on any atom is -0.303 e. The quantitative estimate of drug-likeness (QED) is 0.0609. The van der Waals surface area contributed by atoms with Gasteiger partial charge >= 0.3 is 0 Å². The maximum absolute atomic E-state index is 2.86. The monoisotopic (exact) mass is 634 g/mol. The van der Waals surface area contributed by atoms with Crippen LogP contribution in [0, 0.1) is 11.8 Å². The zero-order chi connectivity index (χ0) is 32.9. The van der Waals surface area contributed by atoms with E-state index in [9.17, 15) is 0 Å². The second-order valence-electron chi connectivity index (χ2n) is 16.2. The lowest BCUT2D eigenvalue weighted by atomic mass is 10.0. The molecule has 0 radical (unpaired) electrons. The standard InChI is InChI=1S/C44H91N/c1-6-7-8-9-10-11-20-25-30-35-40-45(41-36-31-26-21-16-12-14-18-23-28-33-38-43(2)3)42-37-32-27-22-17-13-15-19-24-29-34-39-44(4)5/h43-44H,6-42H2,1-5H3. The maximum Gasteiger partial charge on any atom is -0.00187 e. The van der Waals surface area contributed by atoms with Crippen LogP contribution in [0.2, 0.25) is 0 Å². The molecular weight excluding hydrogens is 542 g/mol. The molecule has 272 valence electrons. The number of unbranched alkanes of at least 4 members (excludes halogenated alkanes) is 29. The van der Waals surface area contributed by atoms with Crippen molar-refractivity contribution in [1.29, 1.82) is 0 Å². The van der Waals surface area contributed by atoms with Gasteiger partial charge in [0.15, 0.2) is 0 Å². The van der Waals surface area contributed by atoms with Crippen molar-refractivity contribution in [3.8, 4) is 0 Å². The summed E-state index contributed by atoms with van der Waals surface area (Å²) < 4.78 is 0. The van der Waals surface area contributed by atoms with E-state index < -0.39 is 0 Å². The fraction of sp³-hybridized carbons (Fsp3) is 1.00. The summed E-state index contributed by atoms with van der Waals surface area (Å²) in [5.74, 6) is 1.78. The molecule has 0 aromatic carbocycles. The molecule has 0 aliphatic rings. The highest BCUT2D eigenvalue weighted by molar-refractivity contribution is 4.61. The van der Waals surface area contributed by atoms with Crippen LogP contribution in [0.4, 0.5) is 0 Å². The lowest BCUT2D eigenvalue weighted by Crippen LogP contribution is -2.27. The molecule has 0 spiro atoms. The number of nitrogens with zero attached hydrogens (tertiary/aromatic N) is 1. The topological polar surface area (TPSA) is 3.24 Å². The van der Waals surface area contributed by atoms with Gasteiger partial charge in [0, 0.05) is 0 Å². The van der Waals surface area contributed by atoms with Gasteiger partial charge in [-0.2, -0.15) is 0 Å². The van der Waals surface area contributed by atoms with Crippen molar-refractivity contribution in [2.45, 2.75) is 253 Å². The Hall–Kier alpha value is -0.0400. The van der Waals surface area contributed by atoms with Crippen LogP contribution in [-0.2, 0) is 0 Å². The van der Waals surface area contributed by atoms with Gasteiger partial charge in [0.25, 0.3) is 0 Å². The average Bonchev–Trinajstić information content (AvgIpc) is 3.01. The zero-order valence-electron chi connectivity index (χ0n) is 32.8. The normalized spacial score (nSPS) is 12.0. The van der Waals surface area contributed by atoms with Gasteiger partial charge in [-0.05, 0) is 50.7 Å². The molecule has 0 aliphatic heterocycles. The van der Waals surface area contributed by atoms with E-state index in [0.29, 0.717) is 0 Å². The summed E-state index contributed by atoms with van der Waals surface area (Å²) in [5, 5.41) is 0. The van der Waals surface area contributed by atoms with Crippen LogP contribution in [0.15, 0.2) is 0 Å². The Morgan fingerprint density at radius 3 is 0.689 bits per heavy atom. The van der Waals surface area contributed by atoms with Crippen molar-refractivity contribution >= 4 is 0 Å². The molecule has 0 fully saturated rings. The van der Waals surface area contributed by atoms with Gasteiger partial charge in [-0.1, -0.05) is 234 Å². The molecule has 0 saturated carbocycles. The predicted octanol–water partition coefficient (Wildman–Crippen LogP) is 15.9. The van der Waals surface area contributed by atoms with E-state index >= 15 is 0 Å². The summed E-state index contributed by atoms with van der Waals surface area (Å²) in [6, 6.07) is 0. The third-order valence-corrected chi connectivity index (χ3v) is 10.3. The lowest BCUT2D eigenvalue weighted by molar-refractivity contribution is 0.254. The van der Waals surface area contributed by atoms with Gasteiger partial charge in [-0.25, -0.2) is 0 Å². The van der Waals surface area contributed by atoms with E-state index in [-0.39, 0.29) is 0 Å². The molecule has 1 heteroatoms. The van der Waals surface area contributed by atoms with Gasteiger partial charge in [0.05, 0.1) is 0 Å². The van der Waals surface area contributed by atoms with Gasteiger partial charge in [0.1, 0.15) is 0 Å². The SMILES string of the molecule is CCCCCCCCCCCCN(CCCCCCCCCCCCCC(C)C)CCCCCCCCCCCCCC(C)C. The zero-order valence-corrected chi connectivity index (χ0v) is 32.8. The maximum atomic E-state index is 2.86. The van der Waals surface area contributed by atoms with Crippen LogP contribution in [0.1, 0.15) is 253 Å². The van der Waals surface area contributed by atoms with E-state index in [0.717, 1.165) is 11.8 Å². The molecule has 0 amide bonds. The first-order valence-electron chi connectivity index (χ1n) is 21.8. The van der Waals surface area contributed by atoms with Crippen molar-refractivity contribution in [3.05, 3.63) is 0 Å². The molecule has 0 atom stereocenters. The molecule has 0 heterocycles. The van der Waals surface area contributed by atoms with Crippen LogP contribution in [-0.4, -0.2) is 24.5 Å². The van der Waals surface area contributed by atoms with E-state index in [1.54, 1.807) is 0 Å². The fourth-order valence-electron chi connectivity index (χ4n) is 7.12. The molecule has 1 nitrogen and oxygen atoms in total. The van der Waals surface area contributed by atoms with Gasteiger partial charge in [0.2, 0.25) is 0 Å². The van der Waals surface area contributed by atoms with Crippen molar-refractivity contribution < 1.29 is 0 Å². The Labute approximate surface area is 288 Å². The Morgan fingerprint density at radius 1 is 0.267 bits per heavy atom. The molecule has 0 aromatic rings. The summed E-state index contributed by atoms with van der Waals surface area (Å²) >= 11 is 0. The predicted molar refractivity (Wildman–Crippen MR) is 209 cm³/mol. The first-order chi connectivity index (χ1) is 22.1. The summed E-state index contributed by atoms with van der Waals surface area (Å²) in [7, 11) is 0. The largest absolute Gasteiger partial charge is 0.303 e. The van der Waals surface area contributed by atoms with E-state index in [1.807, 2.05) is 0 Å². The smallest absolute Gasteiger partial charge is 0.00187 e. The molecule has 0 N–H and O–H groups in total. The van der Waals surface area contributed by atoms with Crippen LogP contribution in [0.5, 0.6) is 0 Å². The molecule has 0 unspecified atom stereocenters. The van der Waals surface area contributed by atoms with Crippen molar-refractivity contribution in [1.82, 2.24) is 4.90 Å². The Kier molecular flexibility index (Phi) is 38.4. The minimum absolute atomic E-state index is 0.889. The molecule has 0 saturated heterocycles. The third kappa shape index (κ3) is 40.1. The van der Waals surface area contributed by atoms with Gasteiger partial charge in [-0.3, -0.25) is 0 Å². The van der Waals surface area contributed by atoms with E-state index in [1.165, 1.54) is 238 Å². The highest BCUT2D eigenvalue weighted by Gasteiger charge is 2.05. The number of hydrogen-bond donors (Lipinski definition) is 0. The molecule has 0 bridgehead atoms. The summed E-state index contributed by atoms with van der Waals surface area (Å²) in [5.41, 5.74) is 0. The Bertz CT molecular complexity index is 477. The lowest BCUT2D eigenvalue weighted by Gasteiger charge is -2.22. The average molecular weight is 634 g/mol. The summed E-state index contributed by atoms with van der Waals surface area (Å²) in [4.78, 5) is 2.86. The van der Waals surface area contributed by atoms with Crippen molar-refractivity contribution in [2.24, 2.45) is 11.8 Å². The molecular formula is C44H91N. The Balaban J connectivity index is 3.90. The van der Waals surface area contributed by atoms with Gasteiger partial charge < -0.3 is 4.90 Å². The van der Waals surface area contributed by atoms with E-state index in [4.69, 9.17) is 0 Å². The summed E-state index contributed by atoms with van der Waals surface area (Å²) in [6.07, 6.45) is 49.7. The van der Waals surface area contributed by atoms with E-state index in [2.05, 4.69) is 39.5 Å². The molecule has 0 rings (SSSR count). The van der Waals surface area contributed by atoms with Crippen molar-refractivity contribution in [3.63, 3.8) is 0 Å². The van der Waals surface area contributed by atoms with Crippen LogP contribution >= 0.6 is 0 Å². The second-order valence-corrected chi connectivity index (χ2v) is 16.2. The Morgan fingerprint density at radius 2 is 0.467 bits per heavy atom. The second kappa shape index (κ2) is 38.4. The fourth-order valence-corrected chi connectivity index (χ4v) is 7.12. The molecule has 45 heavy (non-hydrogen) atoms. The molecule has 0 aliphatic carbocycles. The summed E-state index contributed by atoms with van der Waals surface area (Å²) in [6.45, 7) is 15.9. The first kappa shape index (κ1) is 45.0. The van der Waals surface area contributed by atoms with Crippen LogP contribution < -0.4 is 0 Å². The number of rotatable bonds is 39. The highest BCUT2D eigenvalue weighted by Crippen LogP contribution is 2.17. The third-order valence-electron chi connectivity index (χ3n) is 10.3. The molecule has 0 aromatic heterocycles. The van der Waals surface area contributed by atoms with Crippen LogP contribution in [0.25, 0.3) is 0 Å². The number of hydrogen-bond acceptors (Lipinski definition) is 1. The minimum atomic E-state index is 0.889. The van der Waals surface area contributed by atoms with Gasteiger partial charge in [-0.15, -0.1) is 0 Å². The van der Waals surface area contributed by atoms with Crippen LogP contribution in [0.3, 0.4) is 0 Å².